The molecule has 88 valence electrons. The molecule has 2 atom stereocenters. The van der Waals surface area contributed by atoms with E-state index in [-0.39, 0.29) is 94.4 Å². The average Bonchev–Trinajstić information content (AvgIpc) is 1.99. The summed E-state index contributed by atoms with van der Waals surface area (Å²) >= 11 is 0.486. The Kier molecular flexibility index (Phi) is 20.3. The number of aliphatic carboxylic acids is 2. The fourth-order valence-electron chi connectivity index (χ4n) is 0.851. The van der Waals surface area contributed by atoms with E-state index in [1.807, 2.05) is 0 Å². The van der Waals surface area contributed by atoms with Crippen LogP contribution in [0.25, 0.3) is 0 Å². The van der Waals surface area contributed by atoms with E-state index in [0.717, 1.165) is 0 Å². The summed E-state index contributed by atoms with van der Waals surface area (Å²) in [6, 6.07) is 0. The van der Waals surface area contributed by atoms with E-state index in [1.54, 1.807) is 0 Å². The molecule has 0 fully saturated rings. The molecule has 0 saturated carbocycles. The van der Waals surface area contributed by atoms with Gasteiger partial charge in [0.25, 0.3) is 0 Å². The molecule has 0 aliphatic rings. The zero-order chi connectivity index (χ0) is 12.2. The van der Waals surface area contributed by atoms with Crippen molar-refractivity contribution in [1.82, 2.24) is 0 Å². The van der Waals surface area contributed by atoms with E-state index in [2.05, 4.69) is 0 Å². The SMILES string of the molecule is CCSC(C(=O)[O-])C(C(=O)[O-])S(=O)(=O)[O-].[Na+].[Na+].[Na+]. The van der Waals surface area contributed by atoms with Crippen LogP contribution in [0.15, 0.2) is 0 Å². The average molecular weight is 324 g/mol. The molecule has 0 amide bonds. The van der Waals surface area contributed by atoms with Gasteiger partial charge < -0.3 is 24.4 Å². The van der Waals surface area contributed by atoms with Gasteiger partial charge in [-0.3, -0.25) is 0 Å². The Morgan fingerprint density at radius 3 is 1.67 bits per heavy atom. The number of rotatable bonds is 6. The minimum absolute atomic E-state index is 0. The van der Waals surface area contributed by atoms with Crippen molar-refractivity contribution in [3.63, 3.8) is 0 Å². The van der Waals surface area contributed by atoms with E-state index in [4.69, 9.17) is 0 Å². The topological polar surface area (TPSA) is 137 Å². The van der Waals surface area contributed by atoms with E-state index in [1.165, 1.54) is 6.92 Å². The Labute approximate surface area is 175 Å². The van der Waals surface area contributed by atoms with Gasteiger partial charge in [0.2, 0.25) is 0 Å². The molecule has 2 unspecified atom stereocenters. The number of carbonyl (C=O) groups is 2. The molecule has 18 heavy (non-hydrogen) atoms. The van der Waals surface area contributed by atoms with Gasteiger partial charge in [-0.2, -0.15) is 11.8 Å². The first kappa shape index (κ1) is 28.4. The summed E-state index contributed by atoms with van der Waals surface area (Å²) in [7, 11) is -5.28. The Morgan fingerprint density at radius 1 is 1.11 bits per heavy atom. The van der Waals surface area contributed by atoms with Gasteiger partial charge in [0.05, 0.1) is 17.2 Å². The van der Waals surface area contributed by atoms with Gasteiger partial charge in [0, 0.05) is 0 Å². The predicted octanol–water partition coefficient (Wildman–Crippen LogP) is -12.5. The second-order valence-corrected chi connectivity index (χ2v) is 5.34. The minimum atomic E-state index is -5.28. The third-order valence-electron chi connectivity index (χ3n) is 1.40. The smallest absolute Gasteiger partial charge is 0.747 e. The molecule has 0 bridgehead atoms. The normalized spacial score (nSPS) is 13.0. The molecule has 0 N–H and O–H groups in total. The molecule has 7 nitrogen and oxygen atoms in total. The quantitative estimate of drug-likeness (QED) is 0.347. The molecule has 0 spiro atoms. The molecule has 12 heteroatoms. The van der Waals surface area contributed by atoms with Crippen LogP contribution in [0.1, 0.15) is 6.92 Å². The molecule has 0 aliphatic heterocycles. The molecule has 0 rings (SSSR count). The Hall–Kier alpha value is 2.20. The molecule has 0 aromatic heterocycles. The number of hydrogen-bond donors (Lipinski definition) is 0. The maximum Gasteiger partial charge on any atom is 1.00 e. The van der Waals surface area contributed by atoms with Crippen molar-refractivity contribution < 1.29 is 121 Å². The Balaban J connectivity index is -0.000000327. The molecule has 0 heterocycles. The number of carbonyl (C=O) groups excluding carboxylic acids is 2. The summed E-state index contributed by atoms with van der Waals surface area (Å²) in [6.45, 7) is 1.48. The zero-order valence-electron chi connectivity index (χ0n) is 10.5. The summed E-state index contributed by atoms with van der Waals surface area (Å²) in [5.41, 5.74) is 0. The fourth-order valence-corrected chi connectivity index (χ4v) is 2.93. The number of thioether (sulfide) groups is 1. The van der Waals surface area contributed by atoms with Crippen molar-refractivity contribution in [1.29, 1.82) is 0 Å². The van der Waals surface area contributed by atoms with E-state index >= 15 is 0 Å². The van der Waals surface area contributed by atoms with Crippen LogP contribution in [0.5, 0.6) is 0 Å². The van der Waals surface area contributed by atoms with Crippen molar-refractivity contribution in [2.24, 2.45) is 0 Å². The first-order valence-electron chi connectivity index (χ1n) is 3.69. The zero-order valence-corrected chi connectivity index (χ0v) is 18.2. The van der Waals surface area contributed by atoms with Crippen LogP contribution >= 0.6 is 11.8 Å². The van der Waals surface area contributed by atoms with Crippen molar-refractivity contribution in [2.45, 2.75) is 17.4 Å². The van der Waals surface area contributed by atoms with Crippen molar-refractivity contribution >= 4 is 33.8 Å². The first-order valence-corrected chi connectivity index (χ1v) is 6.21. The van der Waals surface area contributed by atoms with E-state index in [9.17, 15) is 32.8 Å². The third kappa shape index (κ3) is 10.0. The van der Waals surface area contributed by atoms with Crippen LogP contribution in [-0.4, -0.2) is 41.2 Å². The van der Waals surface area contributed by atoms with Crippen LogP contribution in [0, 0.1) is 0 Å². The van der Waals surface area contributed by atoms with Gasteiger partial charge in [-0.05, 0) is 5.75 Å². The van der Waals surface area contributed by atoms with Crippen LogP contribution in [-0.2, 0) is 19.7 Å². The van der Waals surface area contributed by atoms with Crippen molar-refractivity contribution in [3.8, 4) is 0 Å². The van der Waals surface area contributed by atoms with Gasteiger partial charge in [-0.1, -0.05) is 6.92 Å². The maximum absolute atomic E-state index is 10.5. The molecule has 0 saturated heterocycles. The second kappa shape index (κ2) is 12.9. The Bertz CT molecular complexity index is 358. The summed E-state index contributed by atoms with van der Waals surface area (Å²) in [6.07, 6.45) is 0. The van der Waals surface area contributed by atoms with Crippen LogP contribution in [0.3, 0.4) is 0 Å². The molecule has 0 aromatic rings. The van der Waals surface area contributed by atoms with Gasteiger partial charge in [-0.25, -0.2) is 8.42 Å². The van der Waals surface area contributed by atoms with Crippen LogP contribution in [0.4, 0.5) is 0 Å². The maximum atomic E-state index is 10.5. The first-order chi connectivity index (χ1) is 6.71. The van der Waals surface area contributed by atoms with Gasteiger partial charge >= 0.3 is 88.7 Å². The molecular formula is C6H7Na3O7S2. The predicted molar refractivity (Wildman–Crippen MR) is 45.4 cm³/mol. The van der Waals surface area contributed by atoms with Crippen LogP contribution < -0.4 is 98.9 Å². The summed E-state index contributed by atoms with van der Waals surface area (Å²) in [5, 5.41) is 16.2. The second-order valence-electron chi connectivity index (χ2n) is 2.43. The summed E-state index contributed by atoms with van der Waals surface area (Å²) < 4.78 is 31.5. The van der Waals surface area contributed by atoms with Crippen molar-refractivity contribution in [3.05, 3.63) is 0 Å². The van der Waals surface area contributed by atoms with Gasteiger partial charge in [-0.15, -0.1) is 0 Å². The largest absolute Gasteiger partial charge is 1.00 e. The monoisotopic (exact) mass is 324 g/mol. The number of hydrogen-bond acceptors (Lipinski definition) is 8. The number of carboxylic acids is 2. The molecule has 0 aliphatic carbocycles. The molecule has 0 radical (unpaired) electrons. The van der Waals surface area contributed by atoms with E-state index < -0.39 is 32.6 Å². The van der Waals surface area contributed by atoms with Gasteiger partial charge in [0.1, 0.15) is 15.4 Å². The molecule has 0 aromatic carbocycles. The van der Waals surface area contributed by atoms with Crippen molar-refractivity contribution in [2.75, 3.05) is 5.75 Å². The number of carboxylic acid groups (broad SMARTS) is 2. The third-order valence-corrected chi connectivity index (χ3v) is 3.81. The van der Waals surface area contributed by atoms with Gasteiger partial charge in [0.15, 0.2) is 0 Å². The standard InChI is InChI=1S/C6H10O7S2.3Na/c1-2-14-3(5(7)8)4(6(9)10)15(11,12)13;;;/h3-4H,2H2,1H3,(H,7,8)(H,9,10)(H,11,12,13);;;/q;3*+1/p-3. The minimum Gasteiger partial charge on any atom is -0.747 e. The summed E-state index contributed by atoms with van der Waals surface area (Å²) in [5.74, 6) is -4.03. The Morgan fingerprint density at radius 2 is 1.50 bits per heavy atom. The summed E-state index contributed by atoms with van der Waals surface area (Å²) in [4.78, 5) is 20.8. The fraction of sp³-hybridized carbons (Fsp3) is 0.667. The van der Waals surface area contributed by atoms with Crippen LogP contribution in [0.2, 0.25) is 0 Å². The van der Waals surface area contributed by atoms with E-state index in [0.29, 0.717) is 11.8 Å². The molecular weight excluding hydrogens is 317 g/mol.